The van der Waals surface area contributed by atoms with E-state index in [9.17, 15) is 14.5 Å². The van der Waals surface area contributed by atoms with Crippen molar-refractivity contribution in [2.24, 2.45) is 0 Å². The van der Waals surface area contributed by atoms with Gasteiger partial charge in [0, 0.05) is 25.2 Å². The molecule has 0 spiro atoms. The number of methoxy groups -OCH3 is 1. The number of halogens is 1. The van der Waals surface area contributed by atoms with Gasteiger partial charge in [-0.15, -0.1) is 0 Å². The van der Waals surface area contributed by atoms with Crippen LogP contribution in [0.15, 0.2) is 12.1 Å². The number of nitro groups is 1. The molecule has 0 bridgehead atoms. The highest BCUT2D eigenvalue weighted by Crippen LogP contribution is 2.31. The molecule has 2 rings (SSSR count). The van der Waals surface area contributed by atoms with E-state index in [-0.39, 0.29) is 17.1 Å². The van der Waals surface area contributed by atoms with Gasteiger partial charge >= 0.3 is 0 Å². The number of ether oxygens (including phenoxy) is 1. The van der Waals surface area contributed by atoms with Crippen molar-refractivity contribution in [1.82, 2.24) is 4.90 Å². The van der Waals surface area contributed by atoms with Crippen molar-refractivity contribution >= 4 is 11.4 Å². The number of nitro benzene ring substituents is 1. The molecule has 1 aromatic carbocycles. The highest BCUT2D eigenvalue weighted by molar-refractivity contribution is 5.64. The van der Waals surface area contributed by atoms with Gasteiger partial charge in [0.05, 0.1) is 18.1 Å². The molecule has 1 aliphatic rings. The zero-order valence-electron chi connectivity index (χ0n) is 13.0. The molecule has 1 unspecified atom stereocenters. The summed E-state index contributed by atoms with van der Waals surface area (Å²) >= 11 is 0. The molecule has 0 amide bonds. The lowest BCUT2D eigenvalue weighted by atomic mass is 10.0. The van der Waals surface area contributed by atoms with Gasteiger partial charge < -0.3 is 10.1 Å². The average molecular weight is 311 g/mol. The third kappa shape index (κ3) is 3.85. The molecular formula is C15H22FN3O3. The normalized spacial score (nSPS) is 19.0. The Balaban J connectivity index is 2.03. The molecule has 1 atom stereocenters. The van der Waals surface area contributed by atoms with Crippen LogP contribution in [0.3, 0.4) is 0 Å². The molecule has 0 aromatic heterocycles. The molecule has 1 heterocycles. The minimum Gasteiger partial charge on any atom is -0.494 e. The fourth-order valence-electron chi connectivity index (χ4n) is 2.82. The van der Waals surface area contributed by atoms with Crippen LogP contribution < -0.4 is 10.1 Å². The summed E-state index contributed by atoms with van der Waals surface area (Å²) in [6.45, 7) is 4.62. The summed E-state index contributed by atoms with van der Waals surface area (Å²) in [5, 5.41) is 14.1. The summed E-state index contributed by atoms with van der Waals surface area (Å²) in [6, 6.07) is 2.77. The molecule has 22 heavy (non-hydrogen) atoms. The number of benzene rings is 1. The molecule has 0 aliphatic carbocycles. The molecule has 0 radical (unpaired) electrons. The molecule has 1 fully saturated rings. The topological polar surface area (TPSA) is 67.6 Å². The van der Waals surface area contributed by atoms with Gasteiger partial charge in [-0.05, 0) is 26.3 Å². The Morgan fingerprint density at radius 1 is 1.50 bits per heavy atom. The summed E-state index contributed by atoms with van der Waals surface area (Å²) in [4.78, 5) is 12.8. The minimum absolute atomic E-state index is 0.000518. The van der Waals surface area contributed by atoms with Crippen LogP contribution in [0, 0.1) is 15.9 Å². The molecular weight excluding hydrogens is 289 g/mol. The Morgan fingerprint density at radius 2 is 2.27 bits per heavy atom. The van der Waals surface area contributed by atoms with E-state index < -0.39 is 10.7 Å². The first-order chi connectivity index (χ1) is 10.5. The van der Waals surface area contributed by atoms with E-state index in [2.05, 4.69) is 17.1 Å². The number of likely N-dealkylation sites (tertiary alicyclic amines) is 1. The lowest BCUT2D eigenvalue weighted by Gasteiger charge is -2.33. The molecule has 1 N–H and O–H groups in total. The summed E-state index contributed by atoms with van der Waals surface area (Å²) in [5.41, 5.74) is 0.0119. The third-order valence-electron chi connectivity index (χ3n) is 4.12. The van der Waals surface area contributed by atoms with Crippen LogP contribution in [0.2, 0.25) is 0 Å². The van der Waals surface area contributed by atoms with Gasteiger partial charge in [0.1, 0.15) is 5.69 Å². The summed E-state index contributed by atoms with van der Waals surface area (Å²) < 4.78 is 18.5. The quantitative estimate of drug-likeness (QED) is 0.646. The van der Waals surface area contributed by atoms with Crippen molar-refractivity contribution in [3.63, 3.8) is 0 Å². The highest BCUT2D eigenvalue weighted by Gasteiger charge is 2.20. The first-order valence-electron chi connectivity index (χ1n) is 7.52. The van der Waals surface area contributed by atoms with Crippen LogP contribution in [0.5, 0.6) is 5.75 Å². The Labute approximate surface area is 129 Å². The lowest BCUT2D eigenvalue weighted by molar-refractivity contribution is -0.384. The van der Waals surface area contributed by atoms with Crippen LogP contribution in [0.1, 0.15) is 26.2 Å². The fraction of sp³-hybridized carbons (Fsp3) is 0.600. The molecule has 122 valence electrons. The van der Waals surface area contributed by atoms with E-state index in [0.29, 0.717) is 12.6 Å². The third-order valence-corrected chi connectivity index (χ3v) is 4.12. The Hall–Kier alpha value is -1.89. The largest absolute Gasteiger partial charge is 0.494 e. The van der Waals surface area contributed by atoms with Crippen molar-refractivity contribution in [1.29, 1.82) is 0 Å². The second-order valence-electron chi connectivity index (χ2n) is 5.57. The summed E-state index contributed by atoms with van der Waals surface area (Å²) in [6.07, 6.45) is 3.63. The van der Waals surface area contributed by atoms with Crippen LogP contribution in [-0.2, 0) is 0 Å². The van der Waals surface area contributed by atoms with Crippen molar-refractivity contribution in [2.75, 3.05) is 32.1 Å². The van der Waals surface area contributed by atoms with Gasteiger partial charge in [0.2, 0.25) is 0 Å². The van der Waals surface area contributed by atoms with E-state index in [4.69, 9.17) is 4.74 Å². The molecule has 0 saturated carbocycles. The maximum Gasteiger partial charge on any atom is 0.295 e. The maximum atomic E-state index is 13.6. The van der Waals surface area contributed by atoms with E-state index in [1.165, 1.54) is 32.4 Å². The molecule has 1 saturated heterocycles. The van der Waals surface area contributed by atoms with E-state index in [1.54, 1.807) is 0 Å². The zero-order valence-corrected chi connectivity index (χ0v) is 13.0. The number of anilines is 1. The first kappa shape index (κ1) is 16.5. The van der Waals surface area contributed by atoms with Crippen molar-refractivity contribution in [3.8, 4) is 5.75 Å². The maximum absolute atomic E-state index is 13.6. The standard InChI is InChI=1S/C15H22FN3O3/c1-11-5-3-4-7-18(11)8-6-17-13-10-15(22-2)12(16)9-14(13)19(20)21/h9-11,17H,3-8H2,1-2H3. The fourth-order valence-corrected chi connectivity index (χ4v) is 2.82. The molecule has 7 heteroatoms. The van der Waals surface area contributed by atoms with Crippen LogP contribution in [0.4, 0.5) is 15.8 Å². The van der Waals surface area contributed by atoms with Crippen molar-refractivity contribution in [2.45, 2.75) is 32.2 Å². The number of rotatable bonds is 6. The minimum atomic E-state index is -0.732. The van der Waals surface area contributed by atoms with Crippen LogP contribution >= 0.6 is 0 Å². The number of nitrogens with zero attached hydrogens (tertiary/aromatic N) is 2. The second-order valence-corrected chi connectivity index (χ2v) is 5.57. The van der Waals surface area contributed by atoms with E-state index >= 15 is 0 Å². The Morgan fingerprint density at radius 3 is 2.91 bits per heavy atom. The van der Waals surface area contributed by atoms with Gasteiger partial charge in [-0.25, -0.2) is 4.39 Å². The zero-order chi connectivity index (χ0) is 16.1. The summed E-state index contributed by atoms with van der Waals surface area (Å²) in [7, 11) is 1.34. The van der Waals surface area contributed by atoms with Crippen molar-refractivity contribution < 1.29 is 14.1 Å². The Bertz CT molecular complexity index is 539. The number of hydrogen-bond acceptors (Lipinski definition) is 5. The first-order valence-corrected chi connectivity index (χ1v) is 7.52. The van der Waals surface area contributed by atoms with Gasteiger partial charge in [-0.2, -0.15) is 0 Å². The lowest BCUT2D eigenvalue weighted by Crippen LogP contribution is -2.40. The van der Waals surface area contributed by atoms with Gasteiger partial charge in [-0.1, -0.05) is 6.42 Å². The molecule has 1 aliphatic heterocycles. The van der Waals surface area contributed by atoms with Crippen LogP contribution in [0.25, 0.3) is 0 Å². The average Bonchev–Trinajstić information content (AvgIpc) is 2.50. The second kappa shape index (κ2) is 7.40. The Kier molecular flexibility index (Phi) is 5.54. The smallest absolute Gasteiger partial charge is 0.295 e. The SMILES string of the molecule is COc1cc(NCCN2CCCCC2C)c([N+](=O)[O-])cc1F. The number of piperidine rings is 1. The molecule has 1 aromatic rings. The highest BCUT2D eigenvalue weighted by atomic mass is 19.1. The van der Waals surface area contributed by atoms with Gasteiger partial charge in [0.15, 0.2) is 11.6 Å². The molecule has 6 nitrogen and oxygen atoms in total. The monoisotopic (exact) mass is 311 g/mol. The van der Waals surface area contributed by atoms with Gasteiger partial charge in [-0.3, -0.25) is 15.0 Å². The predicted octanol–water partition coefficient (Wildman–Crippen LogP) is 3.03. The number of nitrogens with one attached hydrogen (secondary N) is 1. The number of hydrogen-bond donors (Lipinski definition) is 1. The van der Waals surface area contributed by atoms with Crippen LogP contribution in [-0.4, -0.2) is 42.6 Å². The predicted molar refractivity (Wildman–Crippen MR) is 83.0 cm³/mol. The van der Waals surface area contributed by atoms with E-state index in [1.807, 2.05) is 0 Å². The van der Waals surface area contributed by atoms with E-state index in [0.717, 1.165) is 19.2 Å². The van der Waals surface area contributed by atoms with Gasteiger partial charge in [0.25, 0.3) is 5.69 Å². The summed E-state index contributed by atoms with van der Waals surface area (Å²) in [5.74, 6) is -0.733. The van der Waals surface area contributed by atoms with Crippen molar-refractivity contribution in [3.05, 3.63) is 28.1 Å².